The van der Waals surface area contributed by atoms with Crippen LogP contribution < -0.4 is 24.4 Å². The minimum Gasteiger partial charge on any atom is -0.508 e. The molecule has 0 aliphatic carbocycles. The first-order valence-electron chi connectivity index (χ1n) is 7.68. The van der Waals surface area contributed by atoms with Crippen molar-refractivity contribution >= 4 is 11.0 Å². The predicted octanol–water partition coefficient (Wildman–Crippen LogP) is 3.20. The van der Waals surface area contributed by atoms with E-state index in [2.05, 4.69) is 0 Å². The number of benzene rings is 2. The Morgan fingerprint density at radius 3 is 2.04 bits per heavy atom. The van der Waals surface area contributed by atoms with Crippen molar-refractivity contribution in [2.45, 2.75) is 0 Å². The van der Waals surface area contributed by atoms with E-state index in [1.165, 1.54) is 46.6 Å². The normalized spacial score (nSPS) is 10.6. The van der Waals surface area contributed by atoms with Gasteiger partial charge in [-0.1, -0.05) is 12.1 Å². The van der Waals surface area contributed by atoms with E-state index in [-0.39, 0.29) is 50.9 Å². The first-order chi connectivity index (χ1) is 12.5. The summed E-state index contributed by atoms with van der Waals surface area (Å²) < 4.78 is 27.5. The van der Waals surface area contributed by atoms with Gasteiger partial charge in [-0.2, -0.15) is 0 Å². The van der Waals surface area contributed by atoms with Crippen LogP contribution in [0, 0.1) is 0 Å². The third-order valence-electron chi connectivity index (χ3n) is 3.95. The van der Waals surface area contributed by atoms with Crippen LogP contribution >= 0.6 is 0 Å². The van der Waals surface area contributed by atoms with Gasteiger partial charge in [-0.25, -0.2) is 0 Å². The van der Waals surface area contributed by atoms with Crippen molar-refractivity contribution in [3.63, 3.8) is 0 Å². The predicted molar refractivity (Wildman–Crippen MR) is 95.8 cm³/mol. The van der Waals surface area contributed by atoms with E-state index in [1.54, 1.807) is 12.1 Å². The molecule has 0 atom stereocenters. The second kappa shape index (κ2) is 6.87. The molecule has 0 amide bonds. The molecule has 0 bridgehead atoms. The van der Waals surface area contributed by atoms with Crippen LogP contribution in [0.2, 0.25) is 0 Å². The third-order valence-corrected chi connectivity index (χ3v) is 3.95. The molecular weight excluding hydrogens is 340 g/mol. The zero-order valence-corrected chi connectivity index (χ0v) is 14.8. The van der Waals surface area contributed by atoms with E-state index in [4.69, 9.17) is 23.4 Å². The van der Waals surface area contributed by atoms with Gasteiger partial charge < -0.3 is 28.5 Å². The number of rotatable bonds is 5. The SMILES string of the molecule is COc1c(OC)c(OC)c2c(=O)cc(-c3cccc(O)c3)oc2c1OC. The van der Waals surface area contributed by atoms with Crippen molar-refractivity contribution in [3.05, 3.63) is 40.6 Å². The fraction of sp³-hybridized carbons (Fsp3) is 0.211. The minimum absolute atomic E-state index is 0.0575. The summed E-state index contributed by atoms with van der Waals surface area (Å²) >= 11 is 0. The van der Waals surface area contributed by atoms with Gasteiger partial charge in [-0.15, -0.1) is 0 Å². The lowest BCUT2D eigenvalue weighted by molar-refractivity contribution is 0.307. The Bertz CT molecular complexity index is 1020. The molecule has 26 heavy (non-hydrogen) atoms. The standard InChI is InChI=1S/C19H18O7/c1-22-15-14-12(21)9-13(10-6-5-7-11(20)8-10)26-16(14)18(24-3)19(25-4)17(15)23-2/h5-9,20H,1-4H3. The molecule has 0 unspecified atom stereocenters. The Morgan fingerprint density at radius 1 is 0.846 bits per heavy atom. The highest BCUT2D eigenvalue weighted by molar-refractivity contribution is 5.95. The monoisotopic (exact) mass is 358 g/mol. The molecule has 7 nitrogen and oxygen atoms in total. The van der Waals surface area contributed by atoms with Crippen LogP contribution in [0.3, 0.4) is 0 Å². The summed E-state index contributed by atoms with van der Waals surface area (Å²) in [7, 11) is 5.74. The second-order valence-electron chi connectivity index (χ2n) is 5.36. The number of aromatic hydroxyl groups is 1. The molecule has 0 aliphatic rings. The van der Waals surface area contributed by atoms with Gasteiger partial charge in [0.1, 0.15) is 16.9 Å². The summed E-state index contributed by atoms with van der Waals surface area (Å²) in [4.78, 5) is 12.8. The lowest BCUT2D eigenvalue weighted by Gasteiger charge is -2.17. The summed E-state index contributed by atoms with van der Waals surface area (Å²) in [5.41, 5.74) is 0.355. The fourth-order valence-electron chi connectivity index (χ4n) is 2.84. The molecule has 136 valence electrons. The van der Waals surface area contributed by atoms with Gasteiger partial charge in [0.25, 0.3) is 0 Å². The summed E-state index contributed by atoms with van der Waals surface area (Å²) in [6.07, 6.45) is 0. The van der Waals surface area contributed by atoms with Gasteiger partial charge >= 0.3 is 0 Å². The van der Waals surface area contributed by atoms with Crippen LogP contribution in [0.4, 0.5) is 0 Å². The summed E-state index contributed by atoms with van der Waals surface area (Å²) in [5, 5.41) is 9.86. The van der Waals surface area contributed by atoms with Crippen molar-refractivity contribution < 1.29 is 28.5 Å². The fourth-order valence-corrected chi connectivity index (χ4v) is 2.84. The topological polar surface area (TPSA) is 87.4 Å². The smallest absolute Gasteiger partial charge is 0.211 e. The van der Waals surface area contributed by atoms with Crippen molar-refractivity contribution in [3.8, 4) is 40.1 Å². The molecular formula is C19H18O7. The van der Waals surface area contributed by atoms with Gasteiger partial charge in [0.05, 0.1) is 28.4 Å². The zero-order valence-electron chi connectivity index (χ0n) is 14.8. The largest absolute Gasteiger partial charge is 0.508 e. The second-order valence-corrected chi connectivity index (χ2v) is 5.36. The number of methoxy groups -OCH3 is 4. The van der Waals surface area contributed by atoms with Crippen LogP contribution in [0.5, 0.6) is 28.7 Å². The summed E-state index contributed by atoms with van der Waals surface area (Å²) in [5.74, 6) is 1.20. The van der Waals surface area contributed by atoms with Crippen LogP contribution in [0.15, 0.2) is 39.5 Å². The van der Waals surface area contributed by atoms with E-state index in [0.29, 0.717) is 5.56 Å². The lowest BCUT2D eigenvalue weighted by Crippen LogP contribution is -2.07. The van der Waals surface area contributed by atoms with Gasteiger partial charge in [-0.3, -0.25) is 4.79 Å². The molecule has 0 fully saturated rings. The quantitative estimate of drug-likeness (QED) is 0.749. The van der Waals surface area contributed by atoms with Crippen LogP contribution in [-0.4, -0.2) is 33.5 Å². The molecule has 0 saturated carbocycles. The van der Waals surface area contributed by atoms with Crippen LogP contribution in [0.25, 0.3) is 22.3 Å². The number of phenols is 1. The Kier molecular flexibility index (Phi) is 4.62. The molecule has 1 aromatic heterocycles. The van der Waals surface area contributed by atoms with Crippen LogP contribution in [-0.2, 0) is 0 Å². The number of hydrogen-bond donors (Lipinski definition) is 1. The maximum absolute atomic E-state index is 12.8. The van der Waals surface area contributed by atoms with Gasteiger partial charge in [0.15, 0.2) is 16.8 Å². The maximum atomic E-state index is 12.8. The highest BCUT2D eigenvalue weighted by Gasteiger charge is 2.27. The minimum atomic E-state index is -0.347. The van der Waals surface area contributed by atoms with Gasteiger partial charge in [-0.05, 0) is 12.1 Å². The number of hydrogen-bond acceptors (Lipinski definition) is 7. The Balaban J connectivity index is 2.45. The first-order valence-corrected chi connectivity index (χ1v) is 7.68. The average Bonchev–Trinajstić information content (AvgIpc) is 2.65. The maximum Gasteiger partial charge on any atom is 0.211 e. The zero-order chi connectivity index (χ0) is 18.8. The van der Waals surface area contributed by atoms with Crippen molar-refractivity contribution in [1.82, 2.24) is 0 Å². The van der Waals surface area contributed by atoms with Gasteiger partial charge in [0.2, 0.25) is 17.2 Å². The van der Waals surface area contributed by atoms with Crippen molar-refractivity contribution in [2.75, 3.05) is 28.4 Å². The molecule has 0 aliphatic heterocycles. The Hall–Kier alpha value is -3.35. The third kappa shape index (κ3) is 2.67. The first kappa shape index (κ1) is 17.5. The lowest BCUT2D eigenvalue weighted by atomic mass is 10.1. The number of phenolic OH excluding ortho intramolecular Hbond substituents is 1. The molecule has 0 radical (unpaired) electrons. The molecule has 3 rings (SSSR count). The molecule has 3 aromatic rings. The molecule has 0 spiro atoms. The van der Waals surface area contributed by atoms with Gasteiger partial charge in [0, 0.05) is 11.6 Å². The van der Waals surface area contributed by atoms with E-state index in [9.17, 15) is 9.90 Å². The Morgan fingerprint density at radius 2 is 1.46 bits per heavy atom. The molecule has 0 saturated heterocycles. The highest BCUT2D eigenvalue weighted by Crippen LogP contribution is 2.50. The molecule has 1 heterocycles. The van der Waals surface area contributed by atoms with E-state index in [1.807, 2.05) is 0 Å². The van der Waals surface area contributed by atoms with Crippen molar-refractivity contribution in [2.24, 2.45) is 0 Å². The average molecular weight is 358 g/mol. The van der Waals surface area contributed by atoms with E-state index in [0.717, 1.165) is 0 Å². The molecule has 1 N–H and O–H groups in total. The summed E-state index contributed by atoms with van der Waals surface area (Å²) in [6.45, 7) is 0. The summed E-state index contributed by atoms with van der Waals surface area (Å²) in [6, 6.07) is 7.72. The van der Waals surface area contributed by atoms with E-state index >= 15 is 0 Å². The van der Waals surface area contributed by atoms with Crippen LogP contribution in [0.1, 0.15) is 0 Å². The Labute approximate surface area is 149 Å². The number of ether oxygens (including phenoxy) is 4. The van der Waals surface area contributed by atoms with Crippen molar-refractivity contribution in [1.29, 1.82) is 0 Å². The highest BCUT2D eigenvalue weighted by atomic mass is 16.5. The van der Waals surface area contributed by atoms with E-state index < -0.39 is 0 Å². The molecule has 2 aromatic carbocycles. The number of fused-ring (bicyclic) bond motifs is 1. The molecule has 7 heteroatoms.